The minimum Gasteiger partial charge on any atom is -0.462 e. The molecular weight excluding hydrogens is 346 g/mol. The zero-order chi connectivity index (χ0) is 19.0. The smallest absolute Gasteiger partial charge is 0.253 e. The third-order valence-corrected chi connectivity index (χ3v) is 5.29. The average molecular weight is 369 g/mol. The molecule has 0 bridgehead atoms. The number of nitrogens with zero attached hydrogens (tertiary/aromatic N) is 1. The van der Waals surface area contributed by atoms with Crippen LogP contribution in [0.25, 0.3) is 0 Å². The van der Waals surface area contributed by atoms with E-state index in [0.717, 1.165) is 11.5 Å². The predicted molar refractivity (Wildman–Crippen MR) is 99.1 cm³/mol. The summed E-state index contributed by atoms with van der Waals surface area (Å²) in [4.78, 5) is 27.8. The first kappa shape index (κ1) is 17.8. The second-order valence-electron chi connectivity index (χ2n) is 7.43. The number of likely N-dealkylation sites (tertiary alicyclic amines) is 1. The van der Waals surface area contributed by atoms with E-state index < -0.39 is 5.54 Å². The molecule has 0 spiro atoms. The number of nitrogens with one attached hydrogen (secondary N) is 2. The molecule has 27 heavy (non-hydrogen) atoms. The first-order valence-corrected chi connectivity index (χ1v) is 9.00. The summed E-state index contributed by atoms with van der Waals surface area (Å²) in [6.45, 7) is 4.05. The lowest BCUT2D eigenvalue weighted by Gasteiger charge is -2.33. The van der Waals surface area contributed by atoms with Crippen molar-refractivity contribution >= 4 is 17.5 Å². The van der Waals surface area contributed by atoms with Crippen LogP contribution in [0, 0.1) is 5.92 Å². The molecule has 0 aliphatic carbocycles. The van der Waals surface area contributed by atoms with Gasteiger partial charge in [0.05, 0.1) is 29.3 Å². The number of fused-ring (bicyclic) bond motifs is 2. The van der Waals surface area contributed by atoms with E-state index in [4.69, 9.17) is 9.15 Å². The normalized spacial score (nSPS) is 25.2. The minimum absolute atomic E-state index is 0.0769. The average Bonchev–Trinajstić information content (AvgIpc) is 3.19. The largest absolute Gasteiger partial charge is 0.462 e. The molecule has 2 aliphatic heterocycles. The summed E-state index contributed by atoms with van der Waals surface area (Å²) in [7, 11) is 1.62. The highest BCUT2D eigenvalue weighted by molar-refractivity contribution is 6.06. The zero-order valence-electron chi connectivity index (χ0n) is 15.5. The lowest BCUT2D eigenvalue weighted by Crippen LogP contribution is -2.56. The second kappa shape index (κ2) is 6.83. The van der Waals surface area contributed by atoms with E-state index in [1.54, 1.807) is 25.3 Å². The van der Waals surface area contributed by atoms with Crippen LogP contribution in [0.3, 0.4) is 0 Å². The van der Waals surface area contributed by atoms with Crippen LogP contribution in [0.4, 0.5) is 5.69 Å². The van der Waals surface area contributed by atoms with Crippen molar-refractivity contribution in [1.29, 1.82) is 0 Å². The second-order valence-corrected chi connectivity index (χ2v) is 7.43. The molecular formula is C20H23N3O4. The summed E-state index contributed by atoms with van der Waals surface area (Å²) < 4.78 is 10.8. The van der Waals surface area contributed by atoms with Crippen LogP contribution < -0.4 is 10.6 Å². The summed E-state index contributed by atoms with van der Waals surface area (Å²) in [6, 6.07) is 10.9. The molecule has 2 amide bonds. The van der Waals surface area contributed by atoms with Gasteiger partial charge in [-0.1, -0.05) is 12.1 Å². The summed E-state index contributed by atoms with van der Waals surface area (Å²) in [6.07, 6.45) is 0. The Kier molecular flexibility index (Phi) is 4.49. The number of anilines is 1. The molecule has 0 saturated carbocycles. The van der Waals surface area contributed by atoms with Gasteiger partial charge in [-0.2, -0.15) is 0 Å². The maximum absolute atomic E-state index is 12.9. The molecule has 1 aromatic heterocycles. The van der Waals surface area contributed by atoms with E-state index in [9.17, 15) is 9.59 Å². The standard InChI is InChI=1S/C20H23N3O4/c1-20-12-23(9-13-7-8-14(27-13)11-26-2)10-16(20)19(25)21-17-6-4-3-5-15(17)18(24)22-20/h3-8,16H,9-12H2,1-2H3,(H,21,25)(H,22,24)/t16-,20-/m0/s1. The number of benzene rings is 1. The van der Waals surface area contributed by atoms with Crippen molar-refractivity contribution in [2.24, 2.45) is 5.92 Å². The Hall–Kier alpha value is -2.64. The number of para-hydroxylation sites is 1. The van der Waals surface area contributed by atoms with Gasteiger partial charge in [0.2, 0.25) is 5.91 Å². The van der Waals surface area contributed by atoms with Gasteiger partial charge in [-0.3, -0.25) is 14.5 Å². The molecule has 1 aromatic carbocycles. The van der Waals surface area contributed by atoms with Gasteiger partial charge in [-0.05, 0) is 31.2 Å². The van der Waals surface area contributed by atoms with Crippen molar-refractivity contribution in [2.45, 2.75) is 25.6 Å². The van der Waals surface area contributed by atoms with Gasteiger partial charge in [0.25, 0.3) is 5.91 Å². The number of carbonyl (C=O) groups excluding carboxylic acids is 2. The van der Waals surface area contributed by atoms with E-state index in [1.165, 1.54) is 0 Å². The summed E-state index contributed by atoms with van der Waals surface area (Å²) in [5, 5.41) is 6.02. The summed E-state index contributed by atoms with van der Waals surface area (Å²) in [5.41, 5.74) is 0.395. The number of ether oxygens (including phenoxy) is 1. The van der Waals surface area contributed by atoms with E-state index in [-0.39, 0.29) is 17.7 Å². The molecule has 7 heteroatoms. The van der Waals surface area contributed by atoms with E-state index in [0.29, 0.717) is 37.5 Å². The van der Waals surface area contributed by atoms with E-state index in [2.05, 4.69) is 15.5 Å². The molecule has 2 aliphatic rings. The van der Waals surface area contributed by atoms with Crippen LogP contribution in [0.2, 0.25) is 0 Å². The topological polar surface area (TPSA) is 83.8 Å². The van der Waals surface area contributed by atoms with Gasteiger partial charge in [0.15, 0.2) is 0 Å². The van der Waals surface area contributed by atoms with Crippen LogP contribution in [0.1, 0.15) is 28.8 Å². The number of carbonyl (C=O) groups is 2. The van der Waals surface area contributed by atoms with Crippen molar-refractivity contribution in [3.05, 3.63) is 53.5 Å². The molecule has 2 aromatic rings. The van der Waals surface area contributed by atoms with Crippen molar-refractivity contribution in [3.63, 3.8) is 0 Å². The molecule has 0 radical (unpaired) electrons. The van der Waals surface area contributed by atoms with Crippen LogP contribution in [-0.2, 0) is 22.7 Å². The van der Waals surface area contributed by atoms with Crippen LogP contribution in [0.15, 0.2) is 40.8 Å². The van der Waals surface area contributed by atoms with Gasteiger partial charge >= 0.3 is 0 Å². The van der Waals surface area contributed by atoms with Crippen molar-refractivity contribution < 1.29 is 18.7 Å². The summed E-state index contributed by atoms with van der Waals surface area (Å²) >= 11 is 0. The van der Waals surface area contributed by atoms with Crippen LogP contribution in [0.5, 0.6) is 0 Å². The zero-order valence-corrected chi connectivity index (χ0v) is 15.5. The molecule has 2 N–H and O–H groups in total. The van der Waals surface area contributed by atoms with Crippen molar-refractivity contribution in [3.8, 4) is 0 Å². The molecule has 0 unspecified atom stereocenters. The quantitative estimate of drug-likeness (QED) is 0.861. The first-order chi connectivity index (χ1) is 13.0. The number of hydrogen-bond donors (Lipinski definition) is 2. The van der Waals surface area contributed by atoms with E-state index >= 15 is 0 Å². The van der Waals surface area contributed by atoms with E-state index in [1.807, 2.05) is 25.1 Å². The lowest BCUT2D eigenvalue weighted by atomic mass is 9.86. The van der Waals surface area contributed by atoms with Crippen molar-refractivity contribution in [1.82, 2.24) is 10.2 Å². The van der Waals surface area contributed by atoms with Crippen LogP contribution in [-0.4, -0.2) is 42.5 Å². The molecule has 2 atom stereocenters. The molecule has 142 valence electrons. The Bertz CT molecular complexity index is 878. The van der Waals surface area contributed by atoms with Gasteiger partial charge in [0, 0.05) is 20.2 Å². The first-order valence-electron chi connectivity index (χ1n) is 9.00. The monoisotopic (exact) mass is 369 g/mol. The third kappa shape index (κ3) is 3.36. The molecule has 4 rings (SSSR count). The minimum atomic E-state index is -0.642. The number of hydrogen-bond acceptors (Lipinski definition) is 5. The van der Waals surface area contributed by atoms with Gasteiger partial charge in [-0.15, -0.1) is 0 Å². The molecule has 3 heterocycles. The SMILES string of the molecule is COCc1ccc(CN2C[C@H]3C(=O)Nc4ccccc4C(=O)N[C@@]3(C)C2)o1. The Morgan fingerprint density at radius 3 is 2.81 bits per heavy atom. The highest BCUT2D eigenvalue weighted by atomic mass is 16.5. The number of methoxy groups -OCH3 is 1. The Morgan fingerprint density at radius 2 is 2.00 bits per heavy atom. The highest BCUT2D eigenvalue weighted by Gasteiger charge is 2.49. The fourth-order valence-electron chi connectivity index (χ4n) is 4.00. The molecule has 7 nitrogen and oxygen atoms in total. The Labute approximate surface area is 157 Å². The maximum atomic E-state index is 12.9. The number of amides is 2. The Balaban J connectivity index is 1.55. The van der Waals surface area contributed by atoms with Crippen LogP contribution >= 0.6 is 0 Å². The lowest BCUT2D eigenvalue weighted by molar-refractivity contribution is -0.121. The highest BCUT2D eigenvalue weighted by Crippen LogP contribution is 2.33. The number of rotatable bonds is 4. The van der Waals surface area contributed by atoms with Gasteiger partial charge in [0.1, 0.15) is 18.1 Å². The van der Waals surface area contributed by atoms with Crippen molar-refractivity contribution in [2.75, 3.05) is 25.5 Å². The fourth-order valence-corrected chi connectivity index (χ4v) is 4.00. The van der Waals surface area contributed by atoms with Gasteiger partial charge < -0.3 is 19.8 Å². The number of furan rings is 1. The predicted octanol–water partition coefficient (Wildman–Crippen LogP) is 2.00. The Morgan fingerprint density at radius 1 is 1.22 bits per heavy atom. The molecule has 1 fully saturated rings. The summed E-state index contributed by atoms with van der Waals surface area (Å²) in [5.74, 6) is 0.996. The fraction of sp³-hybridized carbons (Fsp3) is 0.400. The molecule has 1 saturated heterocycles. The maximum Gasteiger partial charge on any atom is 0.253 e. The third-order valence-electron chi connectivity index (χ3n) is 5.29. The van der Waals surface area contributed by atoms with Gasteiger partial charge in [-0.25, -0.2) is 0 Å².